The fourth-order valence-electron chi connectivity index (χ4n) is 3.27. The van der Waals surface area contributed by atoms with Crippen LogP contribution in [0.3, 0.4) is 0 Å². The predicted octanol–water partition coefficient (Wildman–Crippen LogP) is 3.90. The second kappa shape index (κ2) is 4.45. The van der Waals surface area contributed by atoms with Crippen molar-refractivity contribution in [2.45, 2.75) is 39.7 Å². The molecule has 1 aromatic heterocycles. The monoisotopic (exact) mass is 272 g/mol. The summed E-state index contributed by atoms with van der Waals surface area (Å²) in [5.41, 5.74) is 10.3. The molecule has 0 bridgehead atoms. The van der Waals surface area contributed by atoms with Crippen molar-refractivity contribution in [3.8, 4) is 5.69 Å². The summed E-state index contributed by atoms with van der Waals surface area (Å²) in [6.07, 6.45) is 3.84. The largest absolute Gasteiger partial charge is 0.324 e. The number of hydrogen-bond acceptors (Lipinski definition) is 1. The SMILES string of the molecule is Cc1ccc(-n2ccc3c2CC(C)(C)CC3N)c(F)c1. The highest BCUT2D eigenvalue weighted by molar-refractivity contribution is 5.43. The Morgan fingerprint density at radius 3 is 2.75 bits per heavy atom. The van der Waals surface area contributed by atoms with Gasteiger partial charge in [-0.15, -0.1) is 0 Å². The van der Waals surface area contributed by atoms with E-state index in [1.807, 2.05) is 35.9 Å². The molecule has 2 nitrogen and oxygen atoms in total. The minimum absolute atomic E-state index is 0.0449. The van der Waals surface area contributed by atoms with Crippen LogP contribution in [0.15, 0.2) is 30.5 Å². The Kier molecular flexibility index (Phi) is 2.98. The number of hydrogen-bond donors (Lipinski definition) is 1. The second-order valence-corrected chi connectivity index (χ2v) is 6.69. The maximum absolute atomic E-state index is 14.2. The van der Waals surface area contributed by atoms with Crippen molar-refractivity contribution in [3.05, 3.63) is 53.1 Å². The molecule has 0 fully saturated rings. The zero-order valence-corrected chi connectivity index (χ0v) is 12.3. The average Bonchev–Trinajstić information content (AvgIpc) is 2.71. The molecule has 3 heteroatoms. The number of nitrogens with zero attached hydrogens (tertiary/aromatic N) is 1. The van der Waals surface area contributed by atoms with E-state index in [2.05, 4.69) is 13.8 Å². The van der Waals surface area contributed by atoms with Crippen molar-refractivity contribution in [1.29, 1.82) is 0 Å². The second-order valence-electron chi connectivity index (χ2n) is 6.69. The van der Waals surface area contributed by atoms with Crippen molar-refractivity contribution in [2.75, 3.05) is 0 Å². The fraction of sp³-hybridized carbons (Fsp3) is 0.412. The summed E-state index contributed by atoms with van der Waals surface area (Å²) in [6.45, 7) is 6.34. The van der Waals surface area contributed by atoms with Gasteiger partial charge in [-0.05, 0) is 54.5 Å². The Morgan fingerprint density at radius 1 is 1.30 bits per heavy atom. The summed E-state index contributed by atoms with van der Waals surface area (Å²) in [7, 11) is 0. The minimum atomic E-state index is -0.180. The molecule has 3 rings (SSSR count). The van der Waals surface area contributed by atoms with Gasteiger partial charge in [0, 0.05) is 17.9 Å². The third kappa shape index (κ3) is 2.16. The van der Waals surface area contributed by atoms with Crippen molar-refractivity contribution in [1.82, 2.24) is 4.57 Å². The first-order chi connectivity index (χ1) is 9.37. The predicted molar refractivity (Wildman–Crippen MR) is 79.5 cm³/mol. The van der Waals surface area contributed by atoms with Crippen molar-refractivity contribution < 1.29 is 4.39 Å². The maximum atomic E-state index is 14.2. The van der Waals surface area contributed by atoms with Crippen LogP contribution in [-0.2, 0) is 6.42 Å². The van der Waals surface area contributed by atoms with Crippen LogP contribution in [0, 0.1) is 18.2 Å². The molecular weight excluding hydrogens is 251 g/mol. The van der Waals surface area contributed by atoms with Gasteiger partial charge < -0.3 is 10.3 Å². The van der Waals surface area contributed by atoms with E-state index < -0.39 is 0 Å². The molecule has 0 saturated heterocycles. The minimum Gasteiger partial charge on any atom is -0.324 e. The molecule has 1 atom stereocenters. The van der Waals surface area contributed by atoms with E-state index in [1.54, 1.807) is 6.07 Å². The first kappa shape index (κ1) is 13.4. The maximum Gasteiger partial charge on any atom is 0.147 e. The number of halogens is 1. The van der Waals surface area contributed by atoms with Gasteiger partial charge in [0.05, 0.1) is 5.69 Å². The molecule has 1 aliphatic carbocycles. The van der Waals surface area contributed by atoms with Gasteiger partial charge in [0.1, 0.15) is 5.82 Å². The van der Waals surface area contributed by atoms with Gasteiger partial charge in [0.2, 0.25) is 0 Å². The highest BCUT2D eigenvalue weighted by atomic mass is 19.1. The number of rotatable bonds is 1. The van der Waals surface area contributed by atoms with E-state index in [-0.39, 0.29) is 17.3 Å². The summed E-state index contributed by atoms with van der Waals surface area (Å²) in [5.74, 6) is -0.180. The van der Waals surface area contributed by atoms with Crippen LogP contribution in [0.1, 0.15) is 43.1 Å². The molecule has 0 saturated carbocycles. The Hall–Kier alpha value is -1.61. The van der Waals surface area contributed by atoms with E-state index in [0.29, 0.717) is 5.69 Å². The molecule has 1 aliphatic rings. The number of aryl methyl sites for hydroxylation is 1. The Labute approximate surface area is 119 Å². The summed E-state index contributed by atoms with van der Waals surface area (Å²) in [4.78, 5) is 0. The topological polar surface area (TPSA) is 30.9 Å². The zero-order chi connectivity index (χ0) is 14.5. The first-order valence-corrected chi connectivity index (χ1v) is 7.10. The number of fused-ring (bicyclic) bond motifs is 1. The molecule has 1 unspecified atom stereocenters. The van der Waals surface area contributed by atoms with Gasteiger partial charge in [-0.3, -0.25) is 0 Å². The Bertz CT molecular complexity index is 655. The molecule has 0 aliphatic heterocycles. The van der Waals surface area contributed by atoms with E-state index >= 15 is 0 Å². The van der Waals surface area contributed by atoms with E-state index in [4.69, 9.17) is 5.73 Å². The Morgan fingerprint density at radius 2 is 2.05 bits per heavy atom. The molecule has 1 heterocycles. The van der Waals surface area contributed by atoms with Crippen LogP contribution >= 0.6 is 0 Å². The third-order valence-electron chi connectivity index (χ3n) is 4.21. The van der Waals surface area contributed by atoms with Crippen LogP contribution < -0.4 is 5.73 Å². The van der Waals surface area contributed by atoms with E-state index in [0.717, 1.165) is 29.7 Å². The molecule has 20 heavy (non-hydrogen) atoms. The van der Waals surface area contributed by atoms with Crippen LogP contribution in [0.5, 0.6) is 0 Å². The van der Waals surface area contributed by atoms with Gasteiger partial charge in [0.15, 0.2) is 0 Å². The smallest absolute Gasteiger partial charge is 0.147 e. The van der Waals surface area contributed by atoms with Crippen LogP contribution in [0.2, 0.25) is 0 Å². The summed E-state index contributed by atoms with van der Waals surface area (Å²) < 4.78 is 16.2. The number of benzene rings is 1. The van der Waals surface area contributed by atoms with Gasteiger partial charge >= 0.3 is 0 Å². The number of aromatic nitrogens is 1. The molecule has 2 aromatic rings. The molecule has 0 radical (unpaired) electrons. The van der Waals surface area contributed by atoms with Gasteiger partial charge in [-0.2, -0.15) is 0 Å². The molecule has 106 valence electrons. The highest BCUT2D eigenvalue weighted by Crippen LogP contribution is 2.40. The van der Waals surface area contributed by atoms with Crippen LogP contribution in [0.25, 0.3) is 5.69 Å². The van der Waals surface area contributed by atoms with Crippen molar-refractivity contribution in [2.24, 2.45) is 11.1 Å². The summed E-state index contributed by atoms with van der Waals surface area (Å²) in [6, 6.07) is 7.45. The van der Waals surface area contributed by atoms with Crippen LogP contribution in [0.4, 0.5) is 4.39 Å². The number of nitrogens with two attached hydrogens (primary N) is 1. The molecule has 0 amide bonds. The third-order valence-corrected chi connectivity index (χ3v) is 4.21. The zero-order valence-electron chi connectivity index (χ0n) is 12.3. The summed E-state index contributed by atoms with van der Waals surface area (Å²) >= 11 is 0. The fourth-order valence-corrected chi connectivity index (χ4v) is 3.27. The van der Waals surface area contributed by atoms with Crippen molar-refractivity contribution in [3.63, 3.8) is 0 Å². The lowest BCUT2D eigenvalue weighted by molar-refractivity contribution is 0.278. The normalized spacial score (nSPS) is 20.8. The molecule has 1 aromatic carbocycles. The van der Waals surface area contributed by atoms with Crippen molar-refractivity contribution >= 4 is 0 Å². The first-order valence-electron chi connectivity index (χ1n) is 7.10. The standard InChI is InChI=1S/C17H21FN2/c1-11-4-5-15(13(18)8-11)20-7-6-12-14(19)9-17(2,3)10-16(12)20/h4-8,14H,9-10,19H2,1-3H3. The van der Waals surface area contributed by atoms with Crippen LogP contribution in [-0.4, -0.2) is 4.57 Å². The van der Waals surface area contributed by atoms with E-state index in [1.165, 1.54) is 0 Å². The molecule has 2 N–H and O–H groups in total. The van der Waals surface area contributed by atoms with Gasteiger partial charge in [-0.1, -0.05) is 19.9 Å². The van der Waals surface area contributed by atoms with E-state index in [9.17, 15) is 4.39 Å². The summed E-state index contributed by atoms with van der Waals surface area (Å²) in [5, 5.41) is 0. The lowest BCUT2D eigenvalue weighted by Crippen LogP contribution is -2.30. The quantitative estimate of drug-likeness (QED) is 0.838. The molecule has 0 spiro atoms. The molecular formula is C17H21FN2. The lowest BCUT2D eigenvalue weighted by Gasteiger charge is -2.34. The average molecular weight is 272 g/mol. The van der Waals surface area contributed by atoms with Gasteiger partial charge in [0.25, 0.3) is 0 Å². The highest BCUT2D eigenvalue weighted by Gasteiger charge is 2.32. The lowest BCUT2D eigenvalue weighted by atomic mass is 9.74. The Balaban J connectivity index is 2.13. The van der Waals surface area contributed by atoms with Gasteiger partial charge in [-0.25, -0.2) is 4.39 Å².